The maximum absolute atomic E-state index is 14.0. The first-order valence-corrected chi connectivity index (χ1v) is 12.8. The molecule has 1 aliphatic heterocycles. The van der Waals surface area contributed by atoms with Gasteiger partial charge in [-0.3, -0.25) is 19.3 Å². The van der Waals surface area contributed by atoms with E-state index in [0.717, 1.165) is 4.90 Å². The van der Waals surface area contributed by atoms with Crippen molar-refractivity contribution >= 4 is 69.8 Å². The average molecular weight is 560 g/mol. The molecule has 1 fully saturated rings. The van der Waals surface area contributed by atoms with Crippen LogP contribution in [0, 0.1) is 11.8 Å². The van der Waals surface area contributed by atoms with Crippen molar-refractivity contribution in [2.24, 2.45) is 11.8 Å². The van der Waals surface area contributed by atoms with Crippen LogP contribution in [-0.2, 0) is 24.1 Å². The van der Waals surface area contributed by atoms with Crippen LogP contribution >= 0.6 is 46.4 Å². The Kier molecular flexibility index (Phi) is 5.27. The zero-order chi connectivity index (χ0) is 25.6. The van der Waals surface area contributed by atoms with Crippen LogP contribution in [0.2, 0.25) is 10.0 Å². The predicted octanol–water partition coefficient (Wildman–Crippen LogP) is 5.91. The predicted molar refractivity (Wildman–Crippen MR) is 140 cm³/mol. The summed E-state index contributed by atoms with van der Waals surface area (Å²) in [5.41, 5.74) is 3.08. The number of hydrogen-bond donors (Lipinski definition) is 1. The first kappa shape index (κ1) is 23.8. The van der Waals surface area contributed by atoms with Crippen molar-refractivity contribution in [1.82, 2.24) is 4.90 Å². The van der Waals surface area contributed by atoms with E-state index in [-0.39, 0.29) is 15.7 Å². The second kappa shape index (κ2) is 7.96. The van der Waals surface area contributed by atoms with E-state index in [9.17, 15) is 14.4 Å². The van der Waals surface area contributed by atoms with Gasteiger partial charge in [-0.2, -0.15) is 0 Å². The highest BCUT2D eigenvalue weighted by atomic mass is 35.5. The van der Waals surface area contributed by atoms with Crippen molar-refractivity contribution in [2.45, 2.75) is 22.7 Å². The number of halogens is 4. The van der Waals surface area contributed by atoms with E-state index in [1.165, 1.54) is 6.92 Å². The van der Waals surface area contributed by atoms with Crippen LogP contribution in [0.1, 0.15) is 29.2 Å². The zero-order valence-electron chi connectivity index (χ0n) is 18.8. The molecule has 4 aliphatic rings. The Morgan fingerprint density at radius 1 is 0.806 bits per heavy atom. The molecule has 0 radical (unpaired) electrons. The van der Waals surface area contributed by atoms with Gasteiger partial charge < -0.3 is 5.32 Å². The van der Waals surface area contributed by atoms with Gasteiger partial charge in [0.25, 0.3) is 0 Å². The van der Waals surface area contributed by atoms with Gasteiger partial charge in [0.2, 0.25) is 17.7 Å². The van der Waals surface area contributed by atoms with Crippen LogP contribution in [0.3, 0.4) is 0 Å². The Labute approximate surface area is 227 Å². The summed E-state index contributed by atoms with van der Waals surface area (Å²) in [6.45, 7) is 1.49. The maximum Gasteiger partial charge on any atom is 0.247 e. The van der Waals surface area contributed by atoms with Crippen molar-refractivity contribution in [3.63, 3.8) is 0 Å². The van der Waals surface area contributed by atoms with Crippen LogP contribution in [0.15, 0.2) is 66.7 Å². The third-order valence-corrected chi connectivity index (χ3v) is 9.70. The number of carbonyl (C=O) groups excluding carboxylic acids is 3. The van der Waals surface area contributed by atoms with Gasteiger partial charge in [0.1, 0.15) is 15.8 Å². The molecule has 9 heteroatoms. The highest BCUT2D eigenvalue weighted by Gasteiger charge is 2.73. The summed E-state index contributed by atoms with van der Waals surface area (Å²) in [5.74, 6) is -3.60. The van der Waals surface area contributed by atoms with Gasteiger partial charge in [0.15, 0.2) is 0 Å². The molecular formula is C27H18Cl4N2O3. The van der Waals surface area contributed by atoms with E-state index in [1.807, 2.05) is 48.5 Å². The fourth-order valence-corrected chi connectivity index (χ4v) is 7.47. The largest absolute Gasteiger partial charge is 0.323 e. The van der Waals surface area contributed by atoms with Gasteiger partial charge in [-0.25, -0.2) is 0 Å². The number of benzene rings is 3. The lowest BCUT2D eigenvalue weighted by Gasteiger charge is -2.54. The van der Waals surface area contributed by atoms with Crippen molar-refractivity contribution in [2.75, 3.05) is 5.32 Å². The molecule has 0 saturated carbocycles. The highest BCUT2D eigenvalue weighted by molar-refractivity contribution is 6.44. The van der Waals surface area contributed by atoms with E-state index in [2.05, 4.69) is 5.32 Å². The minimum atomic E-state index is -1.30. The van der Waals surface area contributed by atoms with Crippen LogP contribution in [0.5, 0.6) is 0 Å². The first-order valence-electron chi connectivity index (χ1n) is 11.3. The smallest absolute Gasteiger partial charge is 0.247 e. The number of carbonyl (C=O) groups is 3. The Morgan fingerprint density at radius 3 is 1.69 bits per heavy atom. The molecule has 3 aromatic carbocycles. The highest BCUT2D eigenvalue weighted by Crippen LogP contribution is 2.69. The molecule has 3 aliphatic carbocycles. The molecule has 2 bridgehead atoms. The molecule has 0 unspecified atom stereocenters. The standard InChI is InChI=1S/C27H18Cl4N2O3/c1-13(23(34)32-19-12-6-11-18(28)22(19)29)33-24(35)20-21(25(33)36)27(31)15-8-3-2-7-14(15)26(20,30)16-9-4-5-10-17(16)27/h2-13,20-21H,1H3,(H,32,34)/t13-,20-,21-,26?,27?/m1/s1. The van der Waals surface area contributed by atoms with Crippen molar-refractivity contribution < 1.29 is 14.4 Å². The molecule has 182 valence electrons. The molecule has 1 saturated heterocycles. The van der Waals surface area contributed by atoms with Gasteiger partial charge >= 0.3 is 0 Å². The number of hydrogen-bond acceptors (Lipinski definition) is 3. The molecule has 1 N–H and O–H groups in total. The van der Waals surface area contributed by atoms with Crippen molar-refractivity contribution in [1.29, 1.82) is 0 Å². The number of likely N-dealkylation sites (tertiary alicyclic amines) is 1. The molecule has 1 heterocycles. The molecule has 3 atom stereocenters. The number of nitrogens with zero attached hydrogens (tertiary/aromatic N) is 1. The fourth-order valence-electron chi connectivity index (χ4n) is 6.03. The van der Waals surface area contributed by atoms with Crippen molar-refractivity contribution in [3.05, 3.63) is 99.0 Å². The van der Waals surface area contributed by atoms with E-state index in [4.69, 9.17) is 46.4 Å². The number of nitrogens with one attached hydrogen (secondary N) is 1. The lowest BCUT2D eigenvalue weighted by atomic mass is 9.54. The lowest BCUT2D eigenvalue weighted by Crippen LogP contribution is -2.57. The number of anilines is 1. The average Bonchev–Trinajstić information content (AvgIpc) is 3.15. The topological polar surface area (TPSA) is 66.5 Å². The van der Waals surface area contributed by atoms with E-state index < -0.39 is 45.3 Å². The Balaban J connectivity index is 1.45. The van der Waals surface area contributed by atoms with Crippen LogP contribution in [-0.4, -0.2) is 28.7 Å². The summed E-state index contributed by atoms with van der Waals surface area (Å²) in [6, 6.07) is 18.4. The third kappa shape index (κ3) is 2.83. The Hall–Kier alpha value is -2.57. The van der Waals surface area contributed by atoms with Gasteiger partial charge in [0, 0.05) is 0 Å². The van der Waals surface area contributed by atoms with Gasteiger partial charge in [-0.15, -0.1) is 23.2 Å². The van der Waals surface area contributed by atoms with Crippen LogP contribution in [0.25, 0.3) is 0 Å². The number of imide groups is 1. The number of amides is 3. The number of rotatable bonds is 3. The van der Waals surface area contributed by atoms with Crippen LogP contribution in [0.4, 0.5) is 5.69 Å². The van der Waals surface area contributed by atoms with Gasteiger partial charge in [-0.05, 0) is 41.3 Å². The molecule has 3 amide bonds. The number of alkyl halides is 2. The summed E-state index contributed by atoms with van der Waals surface area (Å²) < 4.78 is 0. The molecule has 0 spiro atoms. The van der Waals surface area contributed by atoms with Gasteiger partial charge in [-0.1, -0.05) is 77.8 Å². The fraction of sp³-hybridized carbons (Fsp3) is 0.222. The maximum atomic E-state index is 14.0. The SMILES string of the molecule is C[C@H](C(=O)Nc1cccc(Cl)c1Cl)N1C(=O)[C@H]2[C@H](C1=O)C1(Cl)c3ccccc3C2(Cl)c2ccccc21. The minimum absolute atomic E-state index is 0.163. The Bertz CT molecular complexity index is 1370. The minimum Gasteiger partial charge on any atom is -0.323 e. The summed E-state index contributed by atoms with van der Waals surface area (Å²) in [4.78, 5) is 39.5. The molecule has 5 nitrogen and oxygen atoms in total. The van der Waals surface area contributed by atoms with Crippen LogP contribution < -0.4 is 5.32 Å². The van der Waals surface area contributed by atoms with E-state index >= 15 is 0 Å². The summed E-state index contributed by atoms with van der Waals surface area (Å²) in [5, 5.41) is 3.10. The first-order chi connectivity index (χ1) is 17.1. The molecule has 7 rings (SSSR count). The lowest BCUT2D eigenvalue weighted by molar-refractivity contribution is -0.146. The second-order valence-corrected chi connectivity index (χ2v) is 11.3. The quantitative estimate of drug-likeness (QED) is 0.320. The molecule has 0 aromatic heterocycles. The van der Waals surface area contributed by atoms with E-state index in [0.29, 0.717) is 22.3 Å². The molecule has 36 heavy (non-hydrogen) atoms. The third-order valence-electron chi connectivity index (χ3n) is 7.60. The summed E-state index contributed by atoms with van der Waals surface area (Å²) in [7, 11) is 0. The monoisotopic (exact) mass is 558 g/mol. The van der Waals surface area contributed by atoms with E-state index in [1.54, 1.807) is 18.2 Å². The van der Waals surface area contributed by atoms with Crippen molar-refractivity contribution in [3.8, 4) is 0 Å². The van der Waals surface area contributed by atoms with Gasteiger partial charge in [0.05, 0.1) is 27.6 Å². The Morgan fingerprint density at radius 2 is 1.25 bits per heavy atom. The second-order valence-electron chi connectivity index (χ2n) is 9.28. The molecule has 3 aromatic rings. The summed E-state index contributed by atoms with van der Waals surface area (Å²) >= 11 is 27.1. The summed E-state index contributed by atoms with van der Waals surface area (Å²) in [6.07, 6.45) is 0. The normalized spacial score (nSPS) is 28.4. The molecular weight excluding hydrogens is 542 g/mol. The zero-order valence-corrected chi connectivity index (χ0v) is 21.8.